The minimum Gasteiger partial charge on any atom is -0.349 e. The molecule has 1 aromatic heterocycles. The summed E-state index contributed by atoms with van der Waals surface area (Å²) in [4.78, 5) is 12.1. The number of hydrogen-bond donors (Lipinski definition) is 1. The van der Waals surface area contributed by atoms with Crippen LogP contribution in [0.3, 0.4) is 0 Å². The molecule has 0 saturated carbocycles. The molecule has 7 nitrogen and oxygen atoms in total. The zero-order chi connectivity index (χ0) is 17.0. The van der Waals surface area contributed by atoms with Crippen molar-refractivity contribution in [3.05, 3.63) is 48.0 Å². The number of nitrogens with zero attached hydrogens (tertiary/aromatic N) is 3. The van der Waals surface area contributed by atoms with E-state index in [2.05, 4.69) is 27.6 Å². The number of aryl methyl sites for hydroxylation is 2. The van der Waals surface area contributed by atoms with Crippen LogP contribution in [0.5, 0.6) is 0 Å². The van der Waals surface area contributed by atoms with Crippen molar-refractivity contribution in [2.24, 2.45) is 5.92 Å². The summed E-state index contributed by atoms with van der Waals surface area (Å²) in [5, 5.41) is 10.7. The quantitative estimate of drug-likeness (QED) is 0.824. The fourth-order valence-electron chi connectivity index (χ4n) is 2.81. The van der Waals surface area contributed by atoms with Gasteiger partial charge in [0.05, 0.1) is 24.0 Å². The number of nitrogens with one attached hydrogen (secondary N) is 1. The van der Waals surface area contributed by atoms with E-state index in [-0.39, 0.29) is 24.0 Å². The summed E-state index contributed by atoms with van der Waals surface area (Å²) in [6.45, 7) is 0.976. The highest BCUT2D eigenvalue weighted by Crippen LogP contribution is 2.18. The Bertz CT molecular complexity index is 802. The van der Waals surface area contributed by atoms with E-state index in [9.17, 15) is 13.2 Å². The second kappa shape index (κ2) is 7.12. The number of carbonyl (C=O) groups is 1. The first kappa shape index (κ1) is 16.6. The van der Waals surface area contributed by atoms with Crippen LogP contribution in [-0.2, 0) is 34.1 Å². The van der Waals surface area contributed by atoms with Crippen molar-refractivity contribution in [3.63, 3.8) is 0 Å². The average Bonchev–Trinajstić information content (AvgIpc) is 3.17. The van der Waals surface area contributed by atoms with Crippen molar-refractivity contribution in [2.45, 2.75) is 25.9 Å². The van der Waals surface area contributed by atoms with Gasteiger partial charge >= 0.3 is 0 Å². The predicted octanol–water partition coefficient (Wildman–Crippen LogP) is 0.572. The van der Waals surface area contributed by atoms with Crippen LogP contribution in [0.25, 0.3) is 0 Å². The van der Waals surface area contributed by atoms with Gasteiger partial charge in [0.25, 0.3) is 0 Å². The molecule has 1 saturated heterocycles. The maximum absolute atomic E-state index is 12.1. The predicted molar refractivity (Wildman–Crippen MR) is 88.8 cm³/mol. The smallest absolute Gasteiger partial charge is 0.224 e. The van der Waals surface area contributed by atoms with Crippen LogP contribution in [0.2, 0.25) is 0 Å². The third-order valence-electron chi connectivity index (χ3n) is 4.20. The molecule has 1 amide bonds. The Morgan fingerprint density at radius 3 is 2.79 bits per heavy atom. The monoisotopic (exact) mass is 348 g/mol. The van der Waals surface area contributed by atoms with E-state index in [0.717, 1.165) is 13.0 Å². The topological polar surface area (TPSA) is 93.9 Å². The first-order chi connectivity index (χ1) is 11.5. The van der Waals surface area contributed by atoms with Crippen LogP contribution < -0.4 is 5.32 Å². The highest BCUT2D eigenvalue weighted by Gasteiger charge is 2.32. The van der Waals surface area contributed by atoms with E-state index >= 15 is 0 Å². The summed E-state index contributed by atoms with van der Waals surface area (Å²) in [5.41, 5.74) is 1.22. The minimum absolute atomic E-state index is 0.0560. The molecule has 1 aromatic carbocycles. The lowest BCUT2D eigenvalue weighted by molar-refractivity contribution is -0.124. The summed E-state index contributed by atoms with van der Waals surface area (Å²) in [5.74, 6) is 0.0298. The lowest BCUT2D eigenvalue weighted by atomic mass is 10.1. The van der Waals surface area contributed by atoms with Gasteiger partial charge < -0.3 is 9.88 Å². The van der Waals surface area contributed by atoms with Crippen molar-refractivity contribution in [2.75, 3.05) is 11.5 Å². The van der Waals surface area contributed by atoms with Gasteiger partial charge in [-0.05, 0) is 18.4 Å². The summed E-state index contributed by atoms with van der Waals surface area (Å²) in [6.07, 6.45) is 2.89. The molecule has 8 heteroatoms. The Balaban J connectivity index is 1.53. The first-order valence-electron chi connectivity index (χ1n) is 7.92. The van der Waals surface area contributed by atoms with Crippen molar-refractivity contribution in [1.82, 2.24) is 20.1 Å². The van der Waals surface area contributed by atoms with Gasteiger partial charge in [0.1, 0.15) is 6.33 Å². The van der Waals surface area contributed by atoms with Crippen LogP contribution in [-0.4, -0.2) is 40.6 Å². The zero-order valence-electron chi connectivity index (χ0n) is 13.3. The van der Waals surface area contributed by atoms with Gasteiger partial charge in [-0.15, -0.1) is 10.2 Å². The third kappa shape index (κ3) is 4.19. The molecule has 0 unspecified atom stereocenters. The van der Waals surface area contributed by atoms with E-state index < -0.39 is 15.8 Å². The Labute approximate surface area is 141 Å². The van der Waals surface area contributed by atoms with Crippen LogP contribution in [0.15, 0.2) is 36.7 Å². The average molecular weight is 348 g/mol. The molecule has 1 N–H and O–H groups in total. The lowest BCUT2D eigenvalue weighted by Crippen LogP contribution is -2.32. The number of aromatic nitrogens is 3. The summed E-state index contributed by atoms with van der Waals surface area (Å²) < 4.78 is 24.8. The Morgan fingerprint density at radius 1 is 1.29 bits per heavy atom. The number of carbonyl (C=O) groups excluding carboxylic acids is 1. The SMILES string of the molecule is O=C(NCc1nncn1CCc1ccccc1)[C@H]1CCS(=O)(=O)C1. The van der Waals surface area contributed by atoms with Gasteiger partial charge in [-0.3, -0.25) is 4.79 Å². The fraction of sp³-hybridized carbons (Fsp3) is 0.438. The molecular weight excluding hydrogens is 328 g/mol. The maximum Gasteiger partial charge on any atom is 0.224 e. The second-order valence-electron chi connectivity index (χ2n) is 5.99. The van der Waals surface area contributed by atoms with E-state index in [1.54, 1.807) is 6.33 Å². The Hall–Kier alpha value is -2.22. The van der Waals surface area contributed by atoms with Crippen LogP contribution in [0.1, 0.15) is 17.8 Å². The number of benzene rings is 1. The number of hydrogen-bond acceptors (Lipinski definition) is 5. The van der Waals surface area contributed by atoms with E-state index in [0.29, 0.717) is 12.2 Å². The number of rotatable bonds is 6. The van der Waals surface area contributed by atoms with Gasteiger partial charge in [-0.2, -0.15) is 0 Å². The van der Waals surface area contributed by atoms with Crippen LogP contribution in [0, 0.1) is 5.92 Å². The molecule has 1 aliphatic heterocycles. The van der Waals surface area contributed by atoms with Gasteiger partial charge in [0.2, 0.25) is 5.91 Å². The van der Waals surface area contributed by atoms with Crippen LogP contribution in [0.4, 0.5) is 0 Å². The molecule has 128 valence electrons. The third-order valence-corrected chi connectivity index (χ3v) is 5.97. The maximum atomic E-state index is 12.1. The van der Waals surface area contributed by atoms with Gasteiger partial charge in [-0.25, -0.2) is 8.42 Å². The summed E-state index contributed by atoms with van der Waals surface area (Å²) >= 11 is 0. The standard InChI is InChI=1S/C16H20N4O3S/c21-16(14-7-9-24(22,23)11-14)17-10-15-19-18-12-20(15)8-6-13-4-2-1-3-5-13/h1-5,12,14H,6-11H2,(H,17,21)/t14-/m0/s1. The molecule has 3 rings (SSSR count). The van der Waals surface area contributed by atoms with E-state index in [1.165, 1.54) is 5.56 Å². The Kier molecular flexibility index (Phi) is 4.94. The molecule has 2 heterocycles. The largest absolute Gasteiger partial charge is 0.349 e. The van der Waals surface area contributed by atoms with Gasteiger partial charge in [0, 0.05) is 6.54 Å². The first-order valence-corrected chi connectivity index (χ1v) is 9.74. The highest BCUT2D eigenvalue weighted by atomic mass is 32.2. The summed E-state index contributed by atoms with van der Waals surface area (Å²) in [7, 11) is -3.05. The molecule has 0 radical (unpaired) electrons. The molecule has 1 aliphatic rings. The van der Waals surface area contributed by atoms with Crippen molar-refractivity contribution in [1.29, 1.82) is 0 Å². The Morgan fingerprint density at radius 2 is 2.08 bits per heavy atom. The highest BCUT2D eigenvalue weighted by molar-refractivity contribution is 7.91. The van der Waals surface area contributed by atoms with Gasteiger partial charge in [0.15, 0.2) is 15.7 Å². The molecule has 2 aromatic rings. The molecule has 1 fully saturated rings. The number of amides is 1. The lowest BCUT2D eigenvalue weighted by Gasteiger charge is -2.10. The van der Waals surface area contributed by atoms with Crippen molar-refractivity contribution < 1.29 is 13.2 Å². The molecule has 1 atom stereocenters. The van der Waals surface area contributed by atoms with Gasteiger partial charge in [-0.1, -0.05) is 30.3 Å². The second-order valence-corrected chi connectivity index (χ2v) is 8.22. The minimum atomic E-state index is -3.05. The molecule has 0 spiro atoms. The van der Waals surface area contributed by atoms with E-state index in [4.69, 9.17) is 0 Å². The molecule has 0 bridgehead atoms. The molecule has 24 heavy (non-hydrogen) atoms. The molecule has 0 aliphatic carbocycles. The van der Waals surface area contributed by atoms with E-state index in [1.807, 2.05) is 22.8 Å². The fourth-order valence-corrected chi connectivity index (χ4v) is 4.55. The zero-order valence-corrected chi connectivity index (χ0v) is 14.1. The molecular formula is C16H20N4O3S. The van der Waals surface area contributed by atoms with Crippen molar-refractivity contribution in [3.8, 4) is 0 Å². The normalized spacial score (nSPS) is 19.2. The van der Waals surface area contributed by atoms with Crippen LogP contribution >= 0.6 is 0 Å². The van der Waals surface area contributed by atoms with Crippen molar-refractivity contribution >= 4 is 15.7 Å². The number of sulfone groups is 1. The summed E-state index contributed by atoms with van der Waals surface area (Å²) in [6, 6.07) is 10.1.